The van der Waals surface area contributed by atoms with Crippen molar-refractivity contribution >= 4 is 11.6 Å². The van der Waals surface area contributed by atoms with Gasteiger partial charge in [0.05, 0.1) is 12.4 Å². The van der Waals surface area contributed by atoms with Crippen LogP contribution in [-0.2, 0) is 6.42 Å². The predicted molar refractivity (Wildman–Crippen MR) is 62.7 cm³/mol. The second-order valence-corrected chi connectivity index (χ2v) is 3.34. The van der Waals surface area contributed by atoms with Gasteiger partial charge in [0.1, 0.15) is 11.6 Å². The quantitative estimate of drug-likeness (QED) is 0.769. The zero-order valence-corrected chi connectivity index (χ0v) is 9.55. The minimum absolute atomic E-state index is 0.674. The maximum absolute atomic E-state index is 4.64. The highest BCUT2D eigenvalue weighted by Gasteiger charge is 2.00. The molecule has 2 rings (SSSR count). The van der Waals surface area contributed by atoms with E-state index in [2.05, 4.69) is 35.3 Å². The highest BCUT2D eigenvalue weighted by Crippen LogP contribution is 2.06. The van der Waals surface area contributed by atoms with Crippen molar-refractivity contribution < 1.29 is 4.52 Å². The van der Waals surface area contributed by atoms with Gasteiger partial charge in [-0.05, 0) is 6.92 Å². The van der Waals surface area contributed by atoms with Crippen LogP contribution in [0.5, 0.6) is 0 Å². The van der Waals surface area contributed by atoms with Gasteiger partial charge in [-0.25, -0.2) is 4.98 Å². The van der Waals surface area contributed by atoms with Crippen LogP contribution in [0.3, 0.4) is 0 Å². The van der Waals surface area contributed by atoms with Crippen LogP contribution in [-0.4, -0.2) is 33.2 Å². The smallest absolute Gasteiger partial charge is 0.213 e. The Kier molecular flexibility index (Phi) is 3.85. The summed E-state index contributed by atoms with van der Waals surface area (Å²) in [7, 11) is 0. The molecule has 0 aliphatic heterocycles. The van der Waals surface area contributed by atoms with Crippen LogP contribution in [0.4, 0.5) is 11.6 Å². The highest BCUT2D eigenvalue weighted by atomic mass is 16.5. The lowest BCUT2D eigenvalue weighted by Crippen LogP contribution is -2.09. The Morgan fingerprint density at radius 2 is 2.06 bits per heavy atom. The second-order valence-electron chi connectivity index (χ2n) is 3.34. The number of aromatic nitrogens is 4. The average Bonchev–Trinajstić information content (AvgIpc) is 2.83. The molecule has 0 aromatic carbocycles. The molecule has 0 saturated heterocycles. The van der Waals surface area contributed by atoms with E-state index < -0.39 is 0 Å². The van der Waals surface area contributed by atoms with E-state index >= 15 is 0 Å². The Morgan fingerprint density at radius 3 is 2.76 bits per heavy atom. The van der Waals surface area contributed by atoms with Crippen molar-refractivity contribution in [1.82, 2.24) is 20.1 Å². The number of nitrogens with zero attached hydrogens (tertiary/aromatic N) is 4. The third kappa shape index (κ3) is 3.40. The number of rotatable bonds is 6. The highest BCUT2D eigenvalue weighted by molar-refractivity contribution is 5.41. The van der Waals surface area contributed by atoms with Gasteiger partial charge < -0.3 is 15.2 Å². The van der Waals surface area contributed by atoms with Gasteiger partial charge in [-0.1, -0.05) is 5.16 Å². The minimum Gasteiger partial charge on any atom is -0.369 e. The Balaban J connectivity index is 1.84. The molecule has 0 spiro atoms. The van der Waals surface area contributed by atoms with E-state index in [4.69, 9.17) is 0 Å². The maximum Gasteiger partial charge on any atom is 0.213 e. The van der Waals surface area contributed by atoms with Crippen molar-refractivity contribution in [2.24, 2.45) is 0 Å². The molecule has 90 valence electrons. The third-order valence-corrected chi connectivity index (χ3v) is 2.05. The van der Waals surface area contributed by atoms with E-state index in [-0.39, 0.29) is 0 Å². The Labute approximate surface area is 98.7 Å². The number of hydrogen-bond acceptors (Lipinski definition) is 7. The Hall–Kier alpha value is -2.18. The molecule has 0 bridgehead atoms. The van der Waals surface area contributed by atoms with E-state index in [9.17, 15) is 0 Å². The lowest BCUT2D eigenvalue weighted by molar-refractivity contribution is 0.410. The van der Waals surface area contributed by atoms with Gasteiger partial charge in [-0.2, -0.15) is 4.98 Å². The van der Waals surface area contributed by atoms with Crippen molar-refractivity contribution in [3.63, 3.8) is 0 Å². The van der Waals surface area contributed by atoms with Crippen molar-refractivity contribution in [2.75, 3.05) is 23.7 Å². The normalized spacial score (nSPS) is 10.2. The molecule has 0 atom stereocenters. The summed E-state index contributed by atoms with van der Waals surface area (Å²) in [6, 6.07) is 0. The van der Waals surface area contributed by atoms with E-state index in [1.165, 1.54) is 6.39 Å². The summed E-state index contributed by atoms with van der Waals surface area (Å²) in [6.07, 6.45) is 5.37. The summed E-state index contributed by atoms with van der Waals surface area (Å²) in [5, 5.41) is 9.96. The van der Waals surface area contributed by atoms with E-state index in [0.29, 0.717) is 18.8 Å². The molecule has 0 fully saturated rings. The van der Waals surface area contributed by atoms with Gasteiger partial charge in [0.15, 0.2) is 5.82 Å². The third-order valence-electron chi connectivity index (χ3n) is 2.05. The minimum atomic E-state index is 0.674. The molecule has 0 aliphatic rings. The zero-order chi connectivity index (χ0) is 11.9. The first kappa shape index (κ1) is 11.3. The lowest BCUT2D eigenvalue weighted by Gasteiger charge is -2.06. The summed E-state index contributed by atoms with van der Waals surface area (Å²) in [5.74, 6) is 2.16. The molecular formula is C10H14N6O. The molecule has 17 heavy (non-hydrogen) atoms. The standard InChI is InChI=1S/C10H14N6O/c1-2-12-9-5-11-6-10(15-9)13-4-3-8-14-7-17-16-8/h5-7H,2-4H2,1H3,(H2,12,13,15). The van der Waals surface area contributed by atoms with Gasteiger partial charge in [-0.15, -0.1) is 0 Å². The molecular weight excluding hydrogens is 220 g/mol. The van der Waals surface area contributed by atoms with Crippen molar-refractivity contribution in [1.29, 1.82) is 0 Å². The van der Waals surface area contributed by atoms with E-state index in [0.717, 1.165) is 18.2 Å². The lowest BCUT2D eigenvalue weighted by atomic mass is 10.4. The molecule has 0 amide bonds. The summed E-state index contributed by atoms with van der Waals surface area (Å²) < 4.78 is 4.64. The van der Waals surface area contributed by atoms with E-state index in [1.807, 2.05) is 6.92 Å². The van der Waals surface area contributed by atoms with Gasteiger partial charge in [0.2, 0.25) is 6.39 Å². The molecule has 2 aromatic heterocycles. The molecule has 2 N–H and O–H groups in total. The first-order chi connectivity index (χ1) is 8.38. The van der Waals surface area contributed by atoms with E-state index in [1.54, 1.807) is 12.4 Å². The van der Waals surface area contributed by atoms with Gasteiger partial charge in [-0.3, -0.25) is 4.98 Å². The summed E-state index contributed by atoms with van der Waals surface area (Å²) in [4.78, 5) is 12.3. The van der Waals surface area contributed by atoms with Gasteiger partial charge >= 0.3 is 0 Å². The van der Waals surface area contributed by atoms with Crippen LogP contribution in [0, 0.1) is 0 Å². The van der Waals surface area contributed by atoms with Crippen LogP contribution >= 0.6 is 0 Å². The molecule has 0 aliphatic carbocycles. The van der Waals surface area contributed by atoms with Crippen molar-refractivity contribution in [3.05, 3.63) is 24.6 Å². The van der Waals surface area contributed by atoms with Crippen LogP contribution in [0.2, 0.25) is 0 Å². The molecule has 0 saturated carbocycles. The summed E-state index contributed by atoms with van der Waals surface area (Å²) in [5.41, 5.74) is 0. The molecule has 0 radical (unpaired) electrons. The fourth-order valence-electron chi connectivity index (χ4n) is 1.32. The molecule has 2 heterocycles. The van der Waals surface area contributed by atoms with Crippen molar-refractivity contribution in [3.8, 4) is 0 Å². The van der Waals surface area contributed by atoms with Gasteiger partial charge in [0, 0.05) is 19.5 Å². The maximum atomic E-state index is 4.64. The zero-order valence-electron chi connectivity index (χ0n) is 9.55. The Morgan fingerprint density at radius 1 is 1.24 bits per heavy atom. The molecule has 7 nitrogen and oxygen atoms in total. The number of anilines is 2. The van der Waals surface area contributed by atoms with Crippen LogP contribution < -0.4 is 10.6 Å². The van der Waals surface area contributed by atoms with Crippen LogP contribution in [0.15, 0.2) is 23.3 Å². The number of hydrogen-bond donors (Lipinski definition) is 2. The van der Waals surface area contributed by atoms with Crippen LogP contribution in [0.1, 0.15) is 12.7 Å². The monoisotopic (exact) mass is 234 g/mol. The summed E-state index contributed by atoms with van der Waals surface area (Å²) in [6.45, 7) is 3.52. The van der Waals surface area contributed by atoms with Crippen LogP contribution in [0.25, 0.3) is 0 Å². The SMILES string of the molecule is CCNc1cncc(NCCc2ncon2)n1. The molecule has 0 unspecified atom stereocenters. The predicted octanol–water partition coefficient (Wildman–Crippen LogP) is 0.946. The second kappa shape index (κ2) is 5.78. The van der Waals surface area contributed by atoms with Gasteiger partial charge in [0.25, 0.3) is 0 Å². The first-order valence-corrected chi connectivity index (χ1v) is 5.43. The van der Waals surface area contributed by atoms with Crippen molar-refractivity contribution in [2.45, 2.75) is 13.3 Å². The fraction of sp³-hybridized carbons (Fsp3) is 0.400. The Bertz CT molecular complexity index is 444. The first-order valence-electron chi connectivity index (χ1n) is 5.43. The summed E-state index contributed by atoms with van der Waals surface area (Å²) >= 11 is 0. The fourth-order valence-corrected chi connectivity index (χ4v) is 1.32. The average molecular weight is 234 g/mol. The largest absolute Gasteiger partial charge is 0.369 e. The molecule has 2 aromatic rings. The topological polar surface area (TPSA) is 88.8 Å². The molecule has 7 heteroatoms. The number of nitrogens with one attached hydrogen (secondary N) is 2.